The highest BCUT2D eigenvalue weighted by molar-refractivity contribution is 6.23. The van der Waals surface area contributed by atoms with Gasteiger partial charge in [-0.15, -0.1) is 0 Å². The van der Waals surface area contributed by atoms with E-state index in [4.69, 9.17) is 22.2 Å². The molecule has 0 aliphatic rings. The van der Waals surface area contributed by atoms with Crippen LogP contribution in [0.5, 0.6) is 0 Å². The highest BCUT2D eigenvalue weighted by atomic mass is 16.3. The average molecular weight is 587 g/mol. The van der Waals surface area contributed by atoms with Crippen molar-refractivity contribution in [1.82, 2.24) is 0 Å². The van der Waals surface area contributed by atoms with Gasteiger partial charge >= 0.3 is 0 Å². The zero-order chi connectivity index (χ0) is 41.9. The van der Waals surface area contributed by atoms with E-state index in [2.05, 4.69) is 0 Å². The first-order chi connectivity index (χ1) is 28.1. The highest BCUT2D eigenvalue weighted by Crippen LogP contribution is 2.46. The second kappa shape index (κ2) is 10.4. The molecule has 1 nitrogen and oxygen atoms in total. The van der Waals surface area contributed by atoms with Crippen LogP contribution >= 0.6 is 0 Å². The molecule has 0 spiro atoms. The zero-order valence-electron chi connectivity index (χ0n) is 37.5. The molecule has 0 unspecified atom stereocenters. The van der Waals surface area contributed by atoms with Gasteiger partial charge in [0.1, 0.15) is 11.2 Å². The van der Waals surface area contributed by atoms with Gasteiger partial charge in [-0.05, 0) is 90.3 Å². The van der Waals surface area contributed by atoms with Gasteiger partial charge in [-0.2, -0.15) is 0 Å². The molecule has 1 heteroatoms. The van der Waals surface area contributed by atoms with E-state index in [1.807, 2.05) is 54.6 Å². The van der Waals surface area contributed by atoms with Crippen molar-refractivity contribution >= 4 is 43.5 Å². The molecule has 0 aliphatic heterocycles. The van der Waals surface area contributed by atoms with Crippen LogP contribution in [0.15, 0.2) is 174 Å². The van der Waals surface area contributed by atoms with E-state index >= 15 is 0 Å². The van der Waals surface area contributed by atoms with Crippen LogP contribution in [0.1, 0.15) is 19.2 Å². The van der Waals surface area contributed by atoms with Gasteiger partial charge in [-0.3, -0.25) is 0 Å². The van der Waals surface area contributed by atoms with Gasteiger partial charge in [-0.25, -0.2) is 0 Å². The molecule has 210 valence electrons. The van der Waals surface area contributed by atoms with Gasteiger partial charge in [-0.1, -0.05) is 145 Å². The number of furan rings is 1. The lowest BCUT2D eigenvalue weighted by molar-refractivity contribution is 0.669. The van der Waals surface area contributed by atoms with E-state index in [0.717, 1.165) is 32.7 Å². The summed E-state index contributed by atoms with van der Waals surface area (Å²) >= 11 is 0. The van der Waals surface area contributed by atoms with Crippen LogP contribution in [-0.2, 0) is 0 Å². The van der Waals surface area contributed by atoms with Gasteiger partial charge in [0.25, 0.3) is 0 Å². The molecule has 0 saturated heterocycles. The molecule has 45 heavy (non-hydrogen) atoms. The van der Waals surface area contributed by atoms with Crippen LogP contribution in [0.25, 0.3) is 88.0 Å². The van der Waals surface area contributed by atoms with Crippen molar-refractivity contribution in [2.24, 2.45) is 0 Å². The van der Waals surface area contributed by atoms with Gasteiger partial charge in [0.15, 0.2) is 0 Å². The summed E-state index contributed by atoms with van der Waals surface area (Å²) in [5, 5.41) is 4.11. The van der Waals surface area contributed by atoms with Crippen LogP contribution in [0, 0.1) is 0 Å². The molecule has 0 bridgehead atoms. The van der Waals surface area contributed by atoms with Crippen molar-refractivity contribution in [2.45, 2.75) is 0 Å². The Bertz CT molecular complexity index is 3220. The van der Waals surface area contributed by atoms with E-state index in [0.29, 0.717) is 33.1 Å². The number of rotatable bonds is 4. The fraction of sp³-hybridized carbons (Fsp3) is 0. The third-order valence-electron chi connectivity index (χ3n) is 8.17. The Labute approximate surface area is 281 Å². The number of fused-ring (bicyclic) bond motifs is 5. The molecule has 1 heterocycles. The summed E-state index contributed by atoms with van der Waals surface area (Å²) in [6.45, 7) is 0. The third-order valence-corrected chi connectivity index (χ3v) is 8.17. The van der Waals surface area contributed by atoms with Gasteiger partial charge in [0.05, 0.1) is 19.2 Å². The topological polar surface area (TPSA) is 13.1 Å². The predicted molar refractivity (Wildman–Crippen MR) is 190 cm³/mol. The maximum atomic E-state index is 9.29. The smallest absolute Gasteiger partial charge is 0.136 e. The normalized spacial score (nSPS) is 15.9. The predicted octanol–water partition coefficient (Wildman–Crippen LogP) is 12.6. The van der Waals surface area contributed by atoms with E-state index in [1.54, 1.807) is 30.3 Å². The molecule has 8 aromatic carbocycles. The second-order valence-electron chi connectivity index (χ2n) is 10.6. The summed E-state index contributed by atoms with van der Waals surface area (Å²) in [7, 11) is 0. The molecule has 0 saturated carbocycles. The monoisotopic (exact) mass is 586 g/mol. The Hall–Kier alpha value is -5.92. The van der Waals surface area contributed by atoms with Crippen LogP contribution in [0.3, 0.4) is 0 Å². The molecule has 9 aromatic rings. The molecule has 0 N–H and O–H groups in total. The summed E-state index contributed by atoms with van der Waals surface area (Å²) < 4.78 is 126. The Morgan fingerprint density at radius 2 is 0.911 bits per heavy atom. The first kappa shape index (κ1) is 15.2. The fourth-order valence-corrected chi connectivity index (χ4v) is 6.25. The van der Waals surface area contributed by atoms with Crippen molar-refractivity contribution in [3.05, 3.63) is 170 Å². The van der Waals surface area contributed by atoms with E-state index < -0.39 is 72.5 Å². The Kier molecular flexibility index (Phi) is 3.50. The standard InChI is InChI=1S/C44H28O/c1-3-13-29(14-4-1)31-23-25-34-40-27-32(24-26-41(40)45-42(34)28-31)43-36-19-9-11-21-38(36)44(39-22-12-10-20-37(39)43)35-18-8-7-17-33(35)30-15-5-2-6-16-30/h1-28H/i1D,2D,3D,4D,5D,6D,7D,8D,13D,14D,15D,16D,17D,18D. The Morgan fingerprint density at radius 3 is 1.58 bits per heavy atom. The molecular weight excluding hydrogens is 544 g/mol. The molecule has 0 aliphatic carbocycles. The maximum absolute atomic E-state index is 9.29. The summed E-state index contributed by atoms with van der Waals surface area (Å²) in [6.07, 6.45) is 0. The Balaban J connectivity index is 1.33. The number of benzene rings is 8. The quantitative estimate of drug-likeness (QED) is 0.187. The number of hydrogen-bond acceptors (Lipinski definition) is 1. The van der Waals surface area contributed by atoms with Crippen LogP contribution in [-0.4, -0.2) is 0 Å². The molecule has 9 rings (SSSR count). The first-order valence-corrected chi connectivity index (χ1v) is 14.3. The van der Waals surface area contributed by atoms with Gasteiger partial charge in [0, 0.05) is 10.8 Å². The molecule has 1 aromatic heterocycles. The van der Waals surface area contributed by atoms with Crippen molar-refractivity contribution in [3.8, 4) is 44.5 Å². The van der Waals surface area contributed by atoms with Crippen LogP contribution in [0.4, 0.5) is 0 Å². The molecule has 0 amide bonds. The van der Waals surface area contributed by atoms with Crippen LogP contribution in [0.2, 0.25) is 0 Å². The zero-order valence-corrected chi connectivity index (χ0v) is 23.5. The molecular formula is C44H28O. The largest absolute Gasteiger partial charge is 0.456 e. The van der Waals surface area contributed by atoms with E-state index in [9.17, 15) is 1.37 Å². The van der Waals surface area contributed by atoms with Gasteiger partial charge in [0.2, 0.25) is 0 Å². The van der Waals surface area contributed by atoms with Crippen molar-refractivity contribution < 1.29 is 23.6 Å². The molecule has 0 fully saturated rings. The van der Waals surface area contributed by atoms with Crippen molar-refractivity contribution in [2.75, 3.05) is 0 Å². The lowest BCUT2D eigenvalue weighted by Crippen LogP contribution is -1.92. The Morgan fingerprint density at radius 1 is 0.356 bits per heavy atom. The van der Waals surface area contributed by atoms with E-state index in [-0.39, 0.29) is 34.3 Å². The summed E-state index contributed by atoms with van der Waals surface area (Å²) in [5.74, 6) is 0. The minimum atomic E-state index is -0.628. The lowest BCUT2D eigenvalue weighted by atomic mass is 9.83. The molecule has 0 atom stereocenters. The van der Waals surface area contributed by atoms with Gasteiger partial charge < -0.3 is 4.42 Å². The van der Waals surface area contributed by atoms with Crippen molar-refractivity contribution in [1.29, 1.82) is 0 Å². The van der Waals surface area contributed by atoms with E-state index in [1.165, 1.54) is 0 Å². The third kappa shape index (κ3) is 4.17. The number of hydrogen-bond donors (Lipinski definition) is 0. The summed E-state index contributed by atoms with van der Waals surface area (Å²) in [6, 6.07) is 18.5. The summed E-state index contributed by atoms with van der Waals surface area (Å²) in [5.41, 5.74) is 2.93. The average Bonchev–Trinajstić information content (AvgIpc) is 3.61. The van der Waals surface area contributed by atoms with Crippen LogP contribution < -0.4 is 0 Å². The summed E-state index contributed by atoms with van der Waals surface area (Å²) in [4.78, 5) is 0. The second-order valence-corrected chi connectivity index (χ2v) is 10.6. The molecule has 0 radical (unpaired) electrons. The highest BCUT2D eigenvalue weighted by Gasteiger charge is 2.19. The first-order valence-electron chi connectivity index (χ1n) is 21.3. The minimum Gasteiger partial charge on any atom is -0.456 e. The fourth-order valence-electron chi connectivity index (χ4n) is 6.25. The minimum absolute atomic E-state index is 0.000297. The van der Waals surface area contributed by atoms with Crippen molar-refractivity contribution in [3.63, 3.8) is 0 Å². The SMILES string of the molecule is [2H]c1c([2H])c([2H])c(-c2ccc3c(c2)oc2ccc(-c4c5ccccc5c(-c5c([2H])c([2H])c([2H])c([2H])c5-c5c([2H])c([2H])c([2H])c([2H])c5[2H])c5ccccc45)cc23)c([2H])c1[2H]. The lowest BCUT2D eigenvalue weighted by Gasteiger charge is -2.19. The maximum Gasteiger partial charge on any atom is 0.136 e.